The van der Waals surface area contributed by atoms with Crippen molar-refractivity contribution in [3.05, 3.63) is 47.6 Å². The first-order valence-corrected chi connectivity index (χ1v) is 16.4. The first kappa shape index (κ1) is 25.7. The van der Waals surface area contributed by atoms with Gasteiger partial charge in [-0.05, 0) is 105 Å². The summed E-state index contributed by atoms with van der Waals surface area (Å²) in [5.74, 6) is 2.28. The Morgan fingerprint density at radius 1 is 1.28 bits per heavy atom. The summed E-state index contributed by atoms with van der Waals surface area (Å²) in [5.41, 5.74) is 4.46. The number of fused-ring (bicyclic) bond motifs is 1. The highest BCUT2D eigenvalue weighted by Gasteiger charge is 2.49. The van der Waals surface area contributed by atoms with E-state index >= 15 is 0 Å². The molecule has 32 heavy (non-hydrogen) atoms. The average molecular weight is 457 g/mol. The van der Waals surface area contributed by atoms with Crippen LogP contribution < -0.4 is 0 Å². The van der Waals surface area contributed by atoms with Crippen LogP contribution in [0.25, 0.3) is 0 Å². The van der Waals surface area contributed by atoms with Crippen molar-refractivity contribution in [1.29, 1.82) is 0 Å². The van der Waals surface area contributed by atoms with E-state index in [9.17, 15) is 0 Å². The summed E-state index contributed by atoms with van der Waals surface area (Å²) in [7, 11) is -1.49. The smallest absolute Gasteiger partial charge is 0.184 e. The SMILES string of the molecule is C=C1COCC/C1=C/C=C1\C=CC[C@]2(C)[C@@H]([C@H](C)CCCC(C)(C)O[Si](C)(C)C)CC[C@@H]12. The highest BCUT2D eigenvalue weighted by molar-refractivity contribution is 6.69. The van der Waals surface area contributed by atoms with Crippen molar-refractivity contribution in [3.63, 3.8) is 0 Å². The molecule has 0 aromatic carbocycles. The summed E-state index contributed by atoms with van der Waals surface area (Å²) in [6.07, 6.45) is 18.2. The maximum Gasteiger partial charge on any atom is 0.184 e. The molecule has 0 spiro atoms. The largest absolute Gasteiger partial charge is 0.413 e. The average Bonchev–Trinajstić information content (AvgIpc) is 3.03. The molecule has 3 aliphatic rings. The van der Waals surface area contributed by atoms with Crippen molar-refractivity contribution >= 4 is 8.32 Å². The van der Waals surface area contributed by atoms with E-state index in [-0.39, 0.29) is 5.60 Å². The number of rotatable bonds is 8. The van der Waals surface area contributed by atoms with Crippen LogP contribution in [0.15, 0.2) is 47.6 Å². The molecule has 0 aromatic rings. The van der Waals surface area contributed by atoms with E-state index in [2.05, 4.69) is 78.2 Å². The van der Waals surface area contributed by atoms with Crippen molar-refractivity contribution in [2.24, 2.45) is 23.2 Å². The van der Waals surface area contributed by atoms with Crippen LogP contribution in [0.2, 0.25) is 19.6 Å². The van der Waals surface area contributed by atoms with Crippen LogP contribution in [0.5, 0.6) is 0 Å². The van der Waals surface area contributed by atoms with E-state index in [1.807, 2.05) is 0 Å². The summed E-state index contributed by atoms with van der Waals surface area (Å²) in [6, 6.07) is 0. The zero-order chi connectivity index (χ0) is 23.6. The monoisotopic (exact) mass is 456 g/mol. The lowest BCUT2D eigenvalue weighted by Crippen LogP contribution is -2.38. The molecular formula is C29H48O2Si. The summed E-state index contributed by atoms with van der Waals surface area (Å²) >= 11 is 0. The standard InChI is InChI=1S/C29H48O2Si/c1-22(11-9-18-28(3,4)31-32(6,7)8)26-15-16-27-25(12-10-19-29(26,27)5)14-13-24-17-20-30-21-23(24)2/h10,12-14,22,26-27H,2,9,11,15-21H2,1,3-8H3/b24-13-,25-14+/t22-,26-,27+,29-/m1/s1. The summed E-state index contributed by atoms with van der Waals surface area (Å²) in [6.45, 7) is 22.3. The van der Waals surface area contributed by atoms with Crippen LogP contribution >= 0.6 is 0 Å². The van der Waals surface area contributed by atoms with Crippen LogP contribution in [0.1, 0.15) is 72.6 Å². The number of hydrogen-bond donors (Lipinski definition) is 0. The topological polar surface area (TPSA) is 18.5 Å². The number of allylic oxidation sites excluding steroid dienone is 5. The lowest BCUT2D eigenvalue weighted by atomic mass is 9.62. The van der Waals surface area contributed by atoms with Crippen LogP contribution in [-0.2, 0) is 9.16 Å². The fourth-order valence-corrected chi connectivity index (χ4v) is 8.51. The van der Waals surface area contributed by atoms with E-state index in [1.54, 1.807) is 0 Å². The lowest BCUT2D eigenvalue weighted by molar-refractivity contribution is 0.0800. The first-order chi connectivity index (χ1) is 14.9. The summed E-state index contributed by atoms with van der Waals surface area (Å²) < 4.78 is 12.0. The highest BCUT2D eigenvalue weighted by atomic mass is 28.4. The minimum atomic E-state index is -1.49. The zero-order valence-corrected chi connectivity index (χ0v) is 22.9. The number of hydrogen-bond acceptors (Lipinski definition) is 2. The van der Waals surface area contributed by atoms with Crippen molar-refractivity contribution < 1.29 is 9.16 Å². The van der Waals surface area contributed by atoms with Gasteiger partial charge in [0.25, 0.3) is 0 Å². The molecule has 2 nitrogen and oxygen atoms in total. The molecule has 0 bridgehead atoms. The molecule has 1 heterocycles. The Kier molecular flexibility index (Phi) is 8.16. The predicted molar refractivity (Wildman–Crippen MR) is 140 cm³/mol. The molecular weight excluding hydrogens is 408 g/mol. The van der Waals surface area contributed by atoms with Crippen LogP contribution in [0, 0.1) is 23.2 Å². The summed E-state index contributed by atoms with van der Waals surface area (Å²) in [5, 5.41) is 0. The fourth-order valence-electron chi connectivity index (χ4n) is 6.75. The molecule has 2 aliphatic carbocycles. The third-order valence-electron chi connectivity index (χ3n) is 8.11. The zero-order valence-electron chi connectivity index (χ0n) is 21.9. The molecule has 3 heteroatoms. The molecule has 0 unspecified atom stereocenters. The molecule has 4 atom stereocenters. The van der Waals surface area contributed by atoms with Gasteiger partial charge >= 0.3 is 0 Å². The maximum absolute atomic E-state index is 6.44. The Hall–Kier alpha value is -0.903. The Labute approximate surface area is 199 Å². The Morgan fingerprint density at radius 3 is 2.72 bits per heavy atom. The Morgan fingerprint density at radius 2 is 2.03 bits per heavy atom. The second-order valence-corrected chi connectivity index (χ2v) is 16.9. The van der Waals surface area contributed by atoms with Gasteiger partial charge in [-0.3, -0.25) is 0 Å². The van der Waals surface area contributed by atoms with Gasteiger partial charge in [0, 0.05) is 0 Å². The van der Waals surface area contributed by atoms with Crippen molar-refractivity contribution in [2.45, 2.75) is 97.9 Å². The van der Waals surface area contributed by atoms with Gasteiger partial charge in [-0.1, -0.05) is 57.6 Å². The van der Waals surface area contributed by atoms with Gasteiger partial charge in [-0.25, -0.2) is 0 Å². The quantitative estimate of drug-likeness (QED) is 0.342. The molecule has 180 valence electrons. The van der Waals surface area contributed by atoms with E-state index in [1.165, 1.54) is 49.7 Å². The van der Waals surface area contributed by atoms with Gasteiger partial charge in [-0.15, -0.1) is 0 Å². The van der Waals surface area contributed by atoms with Crippen LogP contribution in [-0.4, -0.2) is 27.1 Å². The van der Waals surface area contributed by atoms with Crippen molar-refractivity contribution in [2.75, 3.05) is 13.2 Å². The molecule has 1 aliphatic heterocycles. The van der Waals surface area contributed by atoms with Gasteiger partial charge in [0.2, 0.25) is 0 Å². The van der Waals surface area contributed by atoms with Gasteiger partial charge in [-0.2, -0.15) is 0 Å². The number of ether oxygens (including phenoxy) is 1. The third kappa shape index (κ3) is 6.36. The van der Waals surface area contributed by atoms with Gasteiger partial charge < -0.3 is 9.16 Å². The third-order valence-corrected chi connectivity index (χ3v) is 9.28. The van der Waals surface area contributed by atoms with E-state index < -0.39 is 8.32 Å². The van der Waals surface area contributed by atoms with Crippen LogP contribution in [0.4, 0.5) is 0 Å². The molecule has 0 radical (unpaired) electrons. The fraction of sp³-hybridized carbons (Fsp3) is 0.724. The Bertz CT molecular complexity index is 767. The molecule has 0 amide bonds. The molecule has 0 aromatic heterocycles. The second-order valence-electron chi connectivity index (χ2n) is 12.5. The maximum atomic E-state index is 6.44. The van der Waals surface area contributed by atoms with E-state index in [0.29, 0.717) is 17.9 Å². The molecule has 1 saturated carbocycles. The molecule has 1 saturated heterocycles. The first-order valence-electron chi connectivity index (χ1n) is 12.9. The van der Waals surface area contributed by atoms with Gasteiger partial charge in [0.05, 0.1) is 18.8 Å². The second kappa shape index (κ2) is 10.2. The minimum absolute atomic E-state index is 0.0114. The highest BCUT2D eigenvalue weighted by Crippen LogP contribution is 2.58. The van der Waals surface area contributed by atoms with Gasteiger partial charge in [0.15, 0.2) is 8.32 Å². The molecule has 0 N–H and O–H groups in total. The normalized spacial score (nSPS) is 32.5. The van der Waals surface area contributed by atoms with E-state index in [4.69, 9.17) is 9.16 Å². The molecule has 3 rings (SSSR count). The van der Waals surface area contributed by atoms with Crippen molar-refractivity contribution in [1.82, 2.24) is 0 Å². The Balaban J connectivity index is 1.62. The van der Waals surface area contributed by atoms with Crippen LogP contribution in [0.3, 0.4) is 0 Å². The van der Waals surface area contributed by atoms with Crippen molar-refractivity contribution in [3.8, 4) is 0 Å². The molecule has 2 fully saturated rings. The minimum Gasteiger partial charge on any atom is -0.413 e. The van der Waals surface area contributed by atoms with Gasteiger partial charge in [0.1, 0.15) is 0 Å². The summed E-state index contributed by atoms with van der Waals surface area (Å²) in [4.78, 5) is 0. The van der Waals surface area contributed by atoms with E-state index in [0.717, 1.165) is 30.4 Å². The lowest BCUT2D eigenvalue weighted by Gasteiger charge is -2.42. The predicted octanol–water partition coefficient (Wildman–Crippen LogP) is 8.24.